The molecule has 0 rings (SSSR count). The zero-order valence-electron chi connectivity index (χ0n) is 17.7. The molecule has 1 amide bonds. The predicted octanol–water partition coefficient (Wildman–Crippen LogP) is 5.01. The first-order chi connectivity index (χ1) is 12.9. The van der Waals surface area contributed by atoms with Crippen molar-refractivity contribution in [3.05, 3.63) is 60.3 Å². The molecule has 1 N–H and O–H groups in total. The van der Waals surface area contributed by atoms with Gasteiger partial charge in [0.25, 0.3) is 5.91 Å². The van der Waals surface area contributed by atoms with Gasteiger partial charge in [0.05, 0.1) is 6.61 Å². The van der Waals surface area contributed by atoms with E-state index in [-0.39, 0.29) is 31.3 Å². The van der Waals surface area contributed by atoms with Gasteiger partial charge in [0, 0.05) is 36.5 Å². The molecular formula is C22H36BrNO3. The third-order valence-corrected chi connectivity index (χ3v) is 3.50. The summed E-state index contributed by atoms with van der Waals surface area (Å²) in [5.41, 5.74) is 1.68. The van der Waals surface area contributed by atoms with Crippen molar-refractivity contribution in [2.24, 2.45) is 0 Å². The Morgan fingerprint density at radius 3 is 1.96 bits per heavy atom. The van der Waals surface area contributed by atoms with Gasteiger partial charge in [-0.25, -0.2) is 0 Å². The number of carbonyl (C=O) groups is 2. The summed E-state index contributed by atoms with van der Waals surface area (Å²) in [6, 6.07) is 0. The van der Waals surface area contributed by atoms with Gasteiger partial charge in [-0.05, 0) is 26.3 Å². The molecular weight excluding hydrogens is 406 g/mol. The summed E-state index contributed by atoms with van der Waals surface area (Å²) >= 11 is 3.31. The van der Waals surface area contributed by atoms with E-state index >= 15 is 0 Å². The van der Waals surface area contributed by atoms with Gasteiger partial charge in [-0.1, -0.05) is 66.7 Å². The summed E-state index contributed by atoms with van der Waals surface area (Å²) < 4.78 is 0. The SMILES string of the molecule is C=C/C(=C\C)C(=O)CC(=C/CBr)/C(=C\C)C(=O)N(C)CCO.C=CC.CC. The van der Waals surface area contributed by atoms with Gasteiger partial charge >= 0.3 is 0 Å². The van der Waals surface area contributed by atoms with E-state index in [4.69, 9.17) is 5.11 Å². The van der Waals surface area contributed by atoms with Crippen LogP contribution in [0.5, 0.6) is 0 Å². The number of aliphatic hydroxyl groups is 1. The van der Waals surface area contributed by atoms with Gasteiger partial charge in [-0.3, -0.25) is 9.59 Å². The molecule has 0 aromatic rings. The standard InChI is InChI=1S/C17H24BrNO3.C3H6.C2H6/c1-5-13(6-2)16(21)12-14(8-9-18)15(7-3)17(22)19(4)10-11-20;1-3-2;1-2/h5-8,20H,1,9-12H2,2-4H3;3H,1H2,2H3;1-2H3/b13-6+,14-8-,15-7+;;. The number of rotatable bonds is 9. The van der Waals surface area contributed by atoms with Gasteiger partial charge in [-0.2, -0.15) is 0 Å². The van der Waals surface area contributed by atoms with Crippen LogP contribution in [0, 0.1) is 0 Å². The molecule has 0 aliphatic rings. The molecule has 27 heavy (non-hydrogen) atoms. The van der Waals surface area contributed by atoms with E-state index in [1.807, 2.05) is 26.8 Å². The number of allylic oxidation sites excluding steroid dienone is 6. The molecule has 0 aliphatic heterocycles. The monoisotopic (exact) mass is 441 g/mol. The molecule has 154 valence electrons. The minimum Gasteiger partial charge on any atom is -0.395 e. The highest BCUT2D eigenvalue weighted by molar-refractivity contribution is 9.09. The van der Waals surface area contributed by atoms with E-state index in [9.17, 15) is 9.59 Å². The van der Waals surface area contributed by atoms with Crippen LogP contribution in [0.2, 0.25) is 0 Å². The van der Waals surface area contributed by atoms with E-state index in [2.05, 4.69) is 29.1 Å². The van der Waals surface area contributed by atoms with E-state index in [0.717, 1.165) is 0 Å². The highest BCUT2D eigenvalue weighted by Gasteiger charge is 2.20. The molecule has 0 heterocycles. The number of nitrogens with zero attached hydrogens (tertiary/aromatic N) is 1. The molecule has 4 nitrogen and oxygen atoms in total. The van der Waals surface area contributed by atoms with Crippen molar-refractivity contribution >= 4 is 27.6 Å². The number of aliphatic hydroxyl groups excluding tert-OH is 1. The first kappa shape index (κ1) is 30.0. The Hall–Kier alpha value is -1.72. The van der Waals surface area contributed by atoms with Gasteiger partial charge < -0.3 is 10.0 Å². The van der Waals surface area contributed by atoms with Crippen LogP contribution in [-0.2, 0) is 9.59 Å². The van der Waals surface area contributed by atoms with Crippen molar-refractivity contribution in [1.82, 2.24) is 4.90 Å². The number of ketones is 1. The van der Waals surface area contributed by atoms with Gasteiger partial charge in [-0.15, -0.1) is 6.58 Å². The zero-order chi connectivity index (χ0) is 21.8. The molecule has 0 aliphatic carbocycles. The molecule has 0 bridgehead atoms. The number of carbonyl (C=O) groups excluding carboxylic acids is 2. The first-order valence-electron chi connectivity index (χ1n) is 9.05. The van der Waals surface area contributed by atoms with Crippen LogP contribution in [-0.4, -0.2) is 47.2 Å². The molecule has 0 atom stereocenters. The molecule has 0 spiro atoms. The lowest BCUT2D eigenvalue weighted by atomic mass is 9.95. The average Bonchev–Trinajstić information content (AvgIpc) is 2.65. The minimum atomic E-state index is -0.211. The van der Waals surface area contributed by atoms with Crippen LogP contribution in [0.25, 0.3) is 0 Å². The molecule has 0 fully saturated rings. The lowest BCUT2D eigenvalue weighted by Crippen LogP contribution is -2.31. The lowest BCUT2D eigenvalue weighted by Gasteiger charge is -2.19. The fraction of sp³-hybridized carbons (Fsp3) is 0.455. The van der Waals surface area contributed by atoms with Crippen molar-refractivity contribution in [2.75, 3.05) is 25.5 Å². The Labute approximate surface area is 174 Å². The van der Waals surface area contributed by atoms with Crippen molar-refractivity contribution < 1.29 is 14.7 Å². The lowest BCUT2D eigenvalue weighted by molar-refractivity contribution is -0.126. The quantitative estimate of drug-likeness (QED) is 0.236. The summed E-state index contributed by atoms with van der Waals surface area (Å²) in [6.07, 6.45) is 8.62. The number of amides is 1. The van der Waals surface area contributed by atoms with Crippen molar-refractivity contribution in [3.8, 4) is 0 Å². The Balaban J connectivity index is -0.00000104. The summed E-state index contributed by atoms with van der Waals surface area (Å²) in [4.78, 5) is 26.1. The Morgan fingerprint density at radius 1 is 1.11 bits per heavy atom. The van der Waals surface area contributed by atoms with E-state index in [0.29, 0.717) is 22.0 Å². The summed E-state index contributed by atoms with van der Waals surface area (Å²) in [6.45, 7) is 16.6. The van der Waals surface area contributed by atoms with Crippen LogP contribution < -0.4 is 0 Å². The topological polar surface area (TPSA) is 57.6 Å². The molecule has 0 saturated heterocycles. The zero-order valence-corrected chi connectivity index (χ0v) is 19.3. The number of Topliss-reactive ketones (excluding diaryl/α,β-unsaturated/α-hetero) is 1. The Bertz CT molecular complexity index is 546. The van der Waals surface area contributed by atoms with Crippen LogP contribution in [0.15, 0.2) is 60.3 Å². The maximum absolute atomic E-state index is 12.4. The molecule has 0 aromatic heterocycles. The predicted molar refractivity (Wildman–Crippen MR) is 121 cm³/mol. The average molecular weight is 442 g/mol. The van der Waals surface area contributed by atoms with E-state index in [1.165, 1.54) is 11.0 Å². The molecule has 5 heteroatoms. The fourth-order valence-corrected chi connectivity index (χ4v) is 2.33. The smallest absolute Gasteiger partial charge is 0.253 e. The van der Waals surface area contributed by atoms with Crippen molar-refractivity contribution in [3.63, 3.8) is 0 Å². The molecule has 0 saturated carbocycles. The third-order valence-electron chi connectivity index (χ3n) is 3.17. The molecule has 0 unspecified atom stereocenters. The minimum absolute atomic E-state index is 0.0818. The fourth-order valence-electron chi connectivity index (χ4n) is 1.94. The second-order valence-corrected chi connectivity index (χ2v) is 5.64. The summed E-state index contributed by atoms with van der Waals surface area (Å²) in [7, 11) is 1.62. The number of hydrogen-bond donors (Lipinski definition) is 1. The van der Waals surface area contributed by atoms with Crippen molar-refractivity contribution in [1.29, 1.82) is 0 Å². The third kappa shape index (κ3) is 13.1. The number of hydrogen-bond acceptors (Lipinski definition) is 3. The van der Waals surface area contributed by atoms with Gasteiger partial charge in [0.2, 0.25) is 0 Å². The Morgan fingerprint density at radius 2 is 1.63 bits per heavy atom. The van der Waals surface area contributed by atoms with Crippen LogP contribution >= 0.6 is 15.9 Å². The highest BCUT2D eigenvalue weighted by Crippen LogP contribution is 2.20. The largest absolute Gasteiger partial charge is 0.395 e. The van der Waals surface area contributed by atoms with Crippen molar-refractivity contribution in [2.45, 2.75) is 41.0 Å². The summed E-state index contributed by atoms with van der Waals surface area (Å²) in [5, 5.41) is 9.50. The second kappa shape index (κ2) is 20.6. The number of likely N-dealkylation sites (N-methyl/N-ethyl adjacent to an activating group) is 1. The van der Waals surface area contributed by atoms with E-state index < -0.39 is 0 Å². The van der Waals surface area contributed by atoms with Crippen LogP contribution in [0.4, 0.5) is 0 Å². The van der Waals surface area contributed by atoms with Crippen LogP contribution in [0.3, 0.4) is 0 Å². The molecule has 0 radical (unpaired) electrons. The molecule has 0 aromatic carbocycles. The van der Waals surface area contributed by atoms with E-state index in [1.54, 1.807) is 39.1 Å². The number of alkyl halides is 1. The summed E-state index contributed by atoms with van der Waals surface area (Å²) in [5.74, 6) is -0.293. The first-order valence-corrected chi connectivity index (χ1v) is 10.2. The second-order valence-electron chi connectivity index (χ2n) is 4.99. The van der Waals surface area contributed by atoms with Gasteiger partial charge in [0.1, 0.15) is 0 Å². The maximum atomic E-state index is 12.4. The normalized spacial score (nSPS) is 11.3. The highest BCUT2D eigenvalue weighted by atomic mass is 79.9. The maximum Gasteiger partial charge on any atom is 0.253 e. The number of halogens is 1. The van der Waals surface area contributed by atoms with Gasteiger partial charge in [0.15, 0.2) is 5.78 Å². The Kier molecular flexibility index (Phi) is 22.9. The van der Waals surface area contributed by atoms with Crippen LogP contribution in [0.1, 0.15) is 41.0 Å².